The van der Waals surface area contributed by atoms with E-state index >= 15 is 0 Å². The fourth-order valence-electron chi connectivity index (χ4n) is 5.12. The van der Waals surface area contributed by atoms with Crippen LogP contribution in [0.1, 0.15) is 68.1 Å². The summed E-state index contributed by atoms with van der Waals surface area (Å²) in [5.74, 6) is 0.470. The first kappa shape index (κ1) is 18.8. The Morgan fingerprint density at radius 2 is 1.97 bits per heavy atom. The van der Waals surface area contributed by atoms with E-state index < -0.39 is 5.54 Å². The molecule has 0 radical (unpaired) electrons. The predicted octanol–water partition coefficient (Wildman–Crippen LogP) is 3.03. The van der Waals surface area contributed by atoms with Gasteiger partial charge in [-0.3, -0.25) is 18.9 Å². The molecule has 3 heterocycles. The molecule has 1 spiro atoms. The van der Waals surface area contributed by atoms with Crippen LogP contribution in [-0.2, 0) is 24.2 Å². The quantitative estimate of drug-likeness (QED) is 0.783. The molecule has 29 heavy (non-hydrogen) atoms. The Kier molecular flexibility index (Phi) is 4.49. The first-order chi connectivity index (χ1) is 14.0. The maximum atomic E-state index is 13.1. The average Bonchev–Trinajstić information content (AvgIpc) is 3.20. The van der Waals surface area contributed by atoms with Crippen LogP contribution < -0.4 is 10.9 Å². The van der Waals surface area contributed by atoms with Crippen molar-refractivity contribution in [2.24, 2.45) is 5.92 Å². The maximum absolute atomic E-state index is 13.1. The van der Waals surface area contributed by atoms with Crippen molar-refractivity contribution in [2.45, 2.75) is 76.8 Å². The highest BCUT2D eigenvalue weighted by molar-refractivity contribution is 7.17. The van der Waals surface area contributed by atoms with Gasteiger partial charge in [-0.2, -0.15) is 0 Å². The normalized spacial score (nSPS) is 26.9. The van der Waals surface area contributed by atoms with Crippen molar-refractivity contribution in [3.63, 3.8) is 0 Å². The van der Waals surface area contributed by atoms with E-state index in [0.29, 0.717) is 29.4 Å². The molecule has 1 saturated carbocycles. The summed E-state index contributed by atoms with van der Waals surface area (Å²) >= 11 is 1.56. The number of amides is 3. The number of hydrogen-bond donors (Lipinski definition) is 1. The Morgan fingerprint density at radius 1 is 1.21 bits per heavy atom. The summed E-state index contributed by atoms with van der Waals surface area (Å²) < 4.78 is 1.71. The van der Waals surface area contributed by atoms with Gasteiger partial charge in [0.1, 0.15) is 5.54 Å². The summed E-state index contributed by atoms with van der Waals surface area (Å²) in [7, 11) is 0. The summed E-state index contributed by atoms with van der Waals surface area (Å²) in [6.45, 7) is 2.23. The molecule has 0 unspecified atom stereocenters. The molecule has 1 saturated heterocycles. The molecule has 154 valence electrons. The van der Waals surface area contributed by atoms with Gasteiger partial charge in [0.05, 0.1) is 12.2 Å². The van der Waals surface area contributed by atoms with E-state index in [2.05, 4.69) is 17.2 Å². The van der Waals surface area contributed by atoms with Crippen LogP contribution in [0.5, 0.6) is 0 Å². The highest BCUT2D eigenvalue weighted by atomic mass is 32.1. The van der Waals surface area contributed by atoms with E-state index in [0.717, 1.165) is 50.6 Å². The summed E-state index contributed by atoms with van der Waals surface area (Å²) in [6, 6.07) is 1.12. The van der Waals surface area contributed by atoms with Gasteiger partial charge < -0.3 is 5.32 Å². The number of nitrogens with zero attached hydrogens (tertiary/aromatic N) is 3. The second-order valence-corrected chi connectivity index (χ2v) is 9.70. The number of carbonyl (C=O) groups excluding carboxylic acids is 2. The molecule has 2 aromatic rings. The molecule has 7 nitrogen and oxygen atoms in total. The molecule has 0 aromatic carbocycles. The van der Waals surface area contributed by atoms with E-state index in [1.807, 2.05) is 0 Å². The van der Waals surface area contributed by atoms with Gasteiger partial charge in [-0.1, -0.05) is 13.3 Å². The molecule has 1 N–H and O–H groups in total. The number of fused-ring (bicyclic) bond motifs is 3. The smallest absolute Gasteiger partial charge is 0.323 e. The first-order valence-electron chi connectivity index (χ1n) is 10.7. The van der Waals surface area contributed by atoms with Crippen LogP contribution in [0.4, 0.5) is 4.79 Å². The fourth-order valence-corrected chi connectivity index (χ4v) is 6.35. The average molecular weight is 415 g/mol. The predicted molar refractivity (Wildman–Crippen MR) is 110 cm³/mol. The minimum absolute atomic E-state index is 0.0535. The molecule has 0 bridgehead atoms. The van der Waals surface area contributed by atoms with E-state index in [-0.39, 0.29) is 24.0 Å². The Bertz CT molecular complexity index is 1050. The van der Waals surface area contributed by atoms with Gasteiger partial charge in [0.15, 0.2) is 4.96 Å². The lowest BCUT2D eigenvalue weighted by Gasteiger charge is -2.34. The molecule has 1 aliphatic heterocycles. The van der Waals surface area contributed by atoms with E-state index in [4.69, 9.17) is 0 Å². The van der Waals surface area contributed by atoms with Gasteiger partial charge in [-0.25, -0.2) is 9.78 Å². The Hall–Kier alpha value is -2.22. The lowest BCUT2D eigenvalue weighted by Crippen LogP contribution is -2.49. The molecule has 2 aromatic heterocycles. The van der Waals surface area contributed by atoms with Crippen molar-refractivity contribution in [3.05, 3.63) is 32.7 Å². The van der Waals surface area contributed by atoms with Crippen molar-refractivity contribution in [2.75, 3.05) is 0 Å². The van der Waals surface area contributed by atoms with Crippen LogP contribution in [0.15, 0.2) is 10.9 Å². The van der Waals surface area contributed by atoms with Gasteiger partial charge in [0, 0.05) is 16.6 Å². The van der Waals surface area contributed by atoms with Crippen molar-refractivity contribution in [3.8, 4) is 0 Å². The second-order valence-electron chi connectivity index (χ2n) is 8.64. The minimum atomic E-state index is -0.760. The highest BCUT2D eigenvalue weighted by Crippen LogP contribution is 2.38. The number of urea groups is 1. The molecule has 2 fully saturated rings. The Balaban J connectivity index is 1.41. The summed E-state index contributed by atoms with van der Waals surface area (Å²) in [6.07, 6.45) is 8.56. The van der Waals surface area contributed by atoms with Gasteiger partial charge in [-0.05, 0) is 57.3 Å². The third kappa shape index (κ3) is 2.99. The van der Waals surface area contributed by atoms with Crippen molar-refractivity contribution < 1.29 is 9.59 Å². The number of rotatable bonds is 3. The monoisotopic (exact) mass is 414 g/mol. The molecule has 3 aliphatic rings. The minimum Gasteiger partial charge on any atom is -0.323 e. The highest BCUT2D eigenvalue weighted by Gasteiger charge is 2.52. The number of imide groups is 1. The number of aromatic nitrogens is 2. The zero-order valence-electron chi connectivity index (χ0n) is 16.7. The molecule has 3 amide bonds. The van der Waals surface area contributed by atoms with Crippen LogP contribution in [-0.4, -0.2) is 31.8 Å². The second kappa shape index (κ2) is 6.93. The van der Waals surface area contributed by atoms with Crippen LogP contribution in [0.2, 0.25) is 0 Å². The number of nitrogens with one attached hydrogen (secondary N) is 1. The third-order valence-corrected chi connectivity index (χ3v) is 8.06. The molecular formula is C21H26N4O3S. The van der Waals surface area contributed by atoms with Gasteiger partial charge >= 0.3 is 6.03 Å². The van der Waals surface area contributed by atoms with E-state index in [1.165, 1.54) is 15.8 Å². The molecule has 5 rings (SSSR count). The number of hydrogen-bond acceptors (Lipinski definition) is 5. The number of carbonyl (C=O) groups is 2. The third-order valence-electron chi connectivity index (χ3n) is 6.92. The standard InChI is InChI=1S/C21H26N4O3S/c1-2-13-7-9-21(10-8-13)18(27)24(19(28)23-21)12-14-11-17(26)25-15-5-3-4-6-16(15)29-20(25)22-14/h11,13H,2-10,12H2,1H3,(H,23,28). The summed E-state index contributed by atoms with van der Waals surface area (Å²) in [5, 5.41) is 2.95. The lowest BCUT2D eigenvalue weighted by molar-refractivity contribution is -0.133. The Labute approximate surface area is 173 Å². The molecule has 2 aliphatic carbocycles. The van der Waals surface area contributed by atoms with Gasteiger partial charge in [-0.15, -0.1) is 11.3 Å². The summed E-state index contributed by atoms with van der Waals surface area (Å²) in [4.78, 5) is 46.3. The zero-order valence-corrected chi connectivity index (χ0v) is 17.5. The van der Waals surface area contributed by atoms with Crippen LogP contribution >= 0.6 is 11.3 Å². The fraction of sp³-hybridized carbons (Fsp3) is 0.619. The molecule has 0 atom stereocenters. The Morgan fingerprint density at radius 3 is 2.72 bits per heavy atom. The van der Waals surface area contributed by atoms with E-state index in [1.54, 1.807) is 15.7 Å². The lowest BCUT2D eigenvalue weighted by atomic mass is 9.75. The van der Waals surface area contributed by atoms with Gasteiger partial charge in [0.25, 0.3) is 11.5 Å². The largest absolute Gasteiger partial charge is 0.325 e. The zero-order chi connectivity index (χ0) is 20.2. The first-order valence-corrected chi connectivity index (χ1v) is 11.5. The van der Waals surface area contributed by atoms with Crippen molar-refractivity contribution in [1.82, 2.24) is 19.6 Å². The topological polar surface area (TPSA) is 83.8 Å². The van der Waals surface area contributed by atoms with E-state index in [9.17, 15) is 14.4 Å². The SMILES string of the molecule is CCC1CCC2(CC1)NC(=O)N(Cc1cc(=O)n3c4c(sc3n1)CCCC4)C2=O. The van der Waals surface area contributed by atoms with Crippen molar-refractivity contribution >= 4 is 28.2 Å². The van der Waals surface area contributed by atoms with Gasteiger partial charge in [0.2, 0.25) is 0 Å². The van der Waals surface area contributed by atoms with Crippen LogP contribution in [0.3, 0.4) is 0 Å². The van der Waals surface area contributed by atoms with Crippen molar-refractivity contribution in [1.29, 1.82) is 0 Å². The maximum Gasteiger partial charge on any atom is 0.325 e. The molecular weight excluding hydrogens is 388 g/mol. The van der Waals surface area contributed by atoms with Crippen LogP contribution in [0, 0.1) is 5.92 Å². The van der Waals surface area contributed by atoms with Crippen LogP contribution in [0.25, 0.3) is 4.96 Å². The molecule has 8 heteroatoms. The number of aryl methyl sites for hydroxylation is 2. The summed E-state index contributed by atoms with van der Waals surface area (Å²) in [5.41, 5.74) is 0.692. The number of thiazole rings is 1.